The van der Waals surface area contributed by atoms with Gasteiger partial charge in [-0.15, -0.1) is 0 Å². The zero-order valence-electron chi connectivity index (χ0n) is 23.0. The van der Waals surface area contributed by atoms with E-state index in [0.29, 0.717) is 13.2 Å². The van der Waals surface area contributed by atoms with Crippen LogP contribution in [0.15, 0.2) is 54.6 Å². The minimum absolute atomic E-state index is 0.106. The number of benzene rings is 2. The highest BCUT2D eigenvalue weighted by Gasteiger charge is 2.21. The highest BCUT2D eigenvalue weighted by atomic mass is 16.5. The van der Waals surface area contributed by atoms with Gasteiger partial charge in [-0.3, -0.25) is 4.79 Å². The summed E-state index contributed by atoms with van der Waals surface area (Å²) < 4.78 is 11.3. The van der Waals surface area contributed by atoms with E-state index in [4.69, 9.17) is 9.47 Å². The van der Waals surface area contributed by atoms with Crippen molar-refractivity contribution in [2.75, 3.05) is 6.61 Å². The van der Waals surface area contributed by atoms with Crippen molar-refractivity contribution in [1.82, 2.24) is 0 Å². The predicted octanol–water partition coefficient (Wildman–Crippen LogP) is 9.78. The zero-order chi connectivity index (χ0) is 25.7. The number of hydrogen-bond donors (Lipinski definition) is 0. The molecular formula is C33H50O3. The van der Waals surface area contributed by atoms with E-state index < -0.39 is 0 Å². The number of hydrogen-bond acceptors (Lipinski definition) is 3. The number of rotatable bonds is 21. The van der Waals surface area contributed by atoms with Crippen molar-refractivity contribution in [1.29, 1.82) is 0 Å². The normalized spacial score (nSPS) is 11.8. The van der Waals surface area contributed by atoms with E-state index in [2.05, 4.69) is 19.1 Å². The van der Waals surface area contributed by atoms with E-state index >= 15 is 0 Å². The first-order valence-electron chi connectivity index (χ1n) is 14.7. The molecular weight excluding hydrogens is 444 g/mol. The van der Waals surface area contributed by atoms with Gasteiger partial charge in [0.05, 0.1) is 12.5 Å². The lowest BCUT2D eigenvalue weighted by Gasteiger charge is -2.16. The highest BCUT2D eigenvalue weighted by Crippen LogP contribution is 2.27. The van der Waals surface area contributed by atoms with Crippen LogP contribution in [0, 0.1) is 0 Å². The lowest BCUT2D eigenvalue weighted by Crippen LogP contribution is -2.16. The van der Waals surface area contributed by atoms with E-state index in [1.165, 1.54) is 83.5 Å². The van der Waals surface area contributed by atoms with E-state index in [1.807, 2.05) is 49.4 Å². The zero-order valence-corrected chi connectivity index (χ0v) is 23.0. The molecule has 0 N–H and O–H groups in total. The maximum Gasteiger partial charge on any atom is 0.313 e. The fourth-order valence-corrected chi connectivity index (χ4v) is 4.74. The summed E-state index contributed by atoms with van der Waals surface area (Å²) in [7, 11) is 0. The fourth-order valence-electron chi connectivity index (χ4n) is 4.74. The Labute approximate surface area is 221 Å². The predicted molar refractivity (Wildman–Crippen MR) is 152 cm³/mol. The van der Waals surface area contributed by atoms with Gasteiger partial charge >= 0.3 is 5.97 Å². The Bertz CT molecular complexity index is 784. The highest BCUT2D eigenvalue weighted by molar-refractivity contribution is 5.78. The van der Waals surface area contributed by atoms with E-state index in [1.54, 1.807) is 0 Å². The third kappa shape index (κ3) is 13.1. The lowest BCUT2D eigenvalue weighted by atomic mass is 9.92. The number of esters is 1. The first-order chi connectivity index (χ1) is 17.7. The number of carbonyl (C=O) groups excluding carboxylic acids is 1. The summed E-state index contributed by atoms with van der Waals surface area (Å²) in [5.41, 5.74) is 2.17. The van der Waals surface area contributed by atoms with Gasteiger partial charge in [0.15, 0.2) is 0 Å². The Morgan fingerprint density at radius 1 is 0.667 bits per heavy atom. The molecule has 0 aliphatic carbocycles. The van der Waals surface area contributed by atoms with Gasteiger partial charge < -0.3 is 9.47 Å². The topological polar surface area (TPSA) is 35.5 Å². The molecule has 0 saturated heterocycles. The standard InChI is InChI=1S/C33H50O3/c1-3-5-6-7-8-9-10-11-12-13-14-15-16-20-23-32(33(34)35-4-2)30-24-26-31(27-25-30)36-28-29-21-18-17-19-22-29/h17-19,21-22,24-27,32H,3-16,20,23,28H2,1-2H3. The summed E-state index contributed by atoms with van der Waals surface area (Å²) in [5, 5.41) is 0. The van der Waals surface area contributed by atoms with Crippen LogP contribution in [0.5, 0.6) is 5.75 Å². The third-order valence-electron chi connectivity index (χ3n) is 6.95. The molecule has 0 bridgehead atoms. The largest absolute Gasteiger partial charge is 0.489 e. The molecule has 0 saturated carbocycles. The van der Waals surface area contributed by atoms with Crippen LogP contribution in [-0.4, -0.2) is 12.6 Å². The van der Waals surface area contributed by atoms with Gasteiger partial charge in [-0.2, -0.15) is 0 Å². The molecule has 36 heavy (non-hydrogen) atoms. The van der Waals surface area contributed by atoms with Crippen molar-refractivity contribution in [3.8, 4) is 5.75 Å². The third-order valence-corrected chi connectivity index (χ3v) is 6.95. The molecule has 0 amide bonds. The maximum atomic E-state index is 12.7. The molecule has 0 fully saturated rings. The molecule has 3 nitrogen and oxygen atoms in total. The van der Waals surface area contributed by atoms with Crippen molar-refractivity contribution in [3.63, 3.8) is 0 Å². The van der Waals surface area contributed by atoms with Gasteiger partial charge in [0.1, 0.15) is 12.4 Å². The number of carbonyl (C=O) groups is 1. The molecule has 2 aromatic rings. The van der Waals surface area contributed by atoms with Crippen LogP contribution in [0.3, 0.4) is 0 Å². The molecule has 3 heteroatoms. The average molecular weight is 495 g/mol. The summed E-state index contributed by atoms with van der Waals surface area (Å²) >= 11 is 0. The van der Waals surface area contributed by atoms with Crippen molar-refractivity contribution < 1.29 is 14.3 Å². The summed E-state index contributed by atoms with van der Waals surface area (Å²) in [4.78, 5) is 12.7. The van der Waals surface area contributed by atoms with Crippen molar-refractivity contribution in [2.24, 2.45) is 0 Å². The van der Waals surface area contributed by atoms with Crippen LogP contribution in [-0.2, 0) is 16.1 Å². The Balaban J connectivity index is 1.63. The molecule has 0 aromatic heterocycles. The second-order valence-electron chi connectivity index (χ2n) is 10.0. The smallest absolute Gasteiger partial charge is 0.313 e. The van der Waals surface area contributed by atoms with E-state index in [-0.39, 0.29) is 11.9 Å². The number of unbranched alkanes of at least 4 members (excludes halogenated alkanes) is 13. The maximum absolute atomic E-state index is 12.7. The summed E-state index contributed by atoms with van der Waals surface area (Å²) in [6.45, 7) is 5.12. The van der Waals surface area contributed by atoms with Gasteiger partial charge in [-0.25, -0.2) is 0 Å². The van der Waals surface area contributed by atoms with Crippen LogP contribution in [0.25, 0.3) is 0 Å². The monoisotopic (exact) mass is 494 g/mol. The fraction of sp³-hybridized carbons (Fsp3) is 0.606. The van der Waals surface area contributed by atoms with Crippen molar-refractivity contribution >= 4 is 5.97 Å². The summed E-state index contributed by atoms with van der Waals surface area (Å²) in [6.07, 6.45) is 19.6. The lowest BCUT2D eigenvalue weighted by molar-refractivity contribution is -0.145. The molecule has 0 spiro atoms. The Kier molecular flexibility index (Phi) is 16.5. The molecule has 0 heterocycles. The van der Waals surface area contributed by atoms with Crippen molar-refractivity contribution in [3.05, 3.63) is 65.7 Å². The van der Waals surface area contributed by atoms with E-state index in [0.717, 1.165) is 29.7 Å². The quantitative estimate of drug-likeness (QED) is 0.128. The second-order valence-corrected chi connectivity index (χ2v) is 10.0. The Morgan fingerprint density at radius 2 is 1.19 bits per heavy atom. The van der Waals surface area contributed by atoms with Crippen LogP contribution in [0.1, 0.15) is 127 Å². The molecule has 0 aliphatic heterocycles. The summed E-state index contributed by atoms with van der Waals surface area (Å²) in [6, 6.07) is 18.1. The first-order valence-corrected chi connectivity index (χ1v) is 14.7. The SMILES string of the molecule is CCCCCCCCCCCCCCCCC(C(=O)OCC)c1ccc(OCc2ccccc2)cc1. The van der Waals surface area contributed by atoms with Crippen molar-refractivity contribution in [2.45, 2.75) is 123 Å². The van der Waals surface area contributed by atoms with Crippen LogP contribution in [0.2, 0.25) is 0 Å². The molecule has 1 unspecified atom stereocenters. The van der Waals surface area contributed by atoms with Gasteiger partial charge in [-0.1, -0.05) is 139 Å². The van der Waals surface area contributed by atoms with Crippen LogP contribution >= 0.6 is 0 Å². The molecule has 1 atom stereocenters. The molecule has 2 rings (SSSR count). The van der Waals surface area contributed by atoms with Gasteiger partial charge in [0.25, 0.3) is 0 Å². The molecule has 200 valence electrons. The minimum atomic E-state index is -0.189. The van der Waals surface area contributed by atoms with Gasteiger partial charge in [0.2, 0.25) is 0 Å². The summed E-state index contributed by atoms with van der Waals surface area (Å²) in [5.74, 6) is 0.525. The number of ether oxygens (including phenoxy) is 2. The van der Waals surface area contributed by atoms with Crippen LogP contribution in [0.4, 0.5) is 0 Å². The van der Waals surface area contributed by atoms with Gasteiger partial charge in [0, 0.05) is 0 Å². The second kappa shape index (κ2) is 19.8. The average Bonchev–Trinajstić information content (AvgIpc) is 2.91. The molecule has 0 radical (unpaired) electrons. The van der Waals surface area contributed by atoms with E-state index in [9.17, 15) is 4.79 Å². The minimum Gasteiger partial charge on any atom is -0.489 e. The molecule has 0 aliphatic rings. The van der Waals surface area contributed by atoms with Crippen LogP contribution < -0.4 is 4.74 Å². The first kappa shape index (κ1) is 29.9. The Hall–Kier alpha value is -2.29. The Morgan fingerprint density at radius 3 is 1.72 bits per heavy atom. The van der Waals surface area contributed by atoms with Gasteiger partial charge in [-0.05, 0) is 36.6 Å². The molecule has 2 aromatic carbocycles.